The van der Waals surface area contributed by atoms with Gasteiger partial charge >= 0.3 is 5.97 Å². The summed E-state index contributed by atoms with van der Waals surface area (Å²) in [6, 6.07) is 20.4. The molecule has 0 saturated carbocycles. The fraction of sp³-hybridized carbons (Fsp3) is 0.148. The molecular formula is C27H23ClN2O5. The average Bonchev–Trinajstić information content (AvgIpc) is 3.13. The summed E-state index contributed by atoms with van der Waals surface area (Å²) < 4.78 is 12.4. The van der Waals surface area contributed by atoms with Crippen molar-refractivity contribution in [3.05, 3.63) is 100 Å². The molecule has 178 valence electrons. The average molecular weight is 491 g/mol. The van der Waals surface area contributed by atoms with Crippen LogP contribution in [0.15, 0.2) is 72.8 Å². The summed E-state index contributed by atoms with van der Waals surface area (Å²) in [4.78, 5) is 38.4. The van der Waals surface area contributed by atoms with Gasteiger partial charge in [0.1, 0.15) is 5.75 Å². The van der Waals surface area contributed by atoms with Crippen LogP contribution in [0.4, 0.5) is 0 Å². The topological polar surface area (TPSA) is 101 Å². The Hall–Kier alpha value is -4.10. The monoisotopic (exact) mass is 490 g/mol. The van der Waals surface area contributed by atoms with Crippen molar-refractivity contribution in [2.75, 3.05) is 7.11 Å². The third-order valence-corrected chi connectivity index (χ3v) is 6.02. The summed E-state index contributed by atoms with van der Waals surface area (Å²) in [6.07, 6.45) is -1.39. The Labute approximate surface area is 207 Å². The van der Waals surface area contributed by atoms with Crippen LogP contribution in [-0.2, 0) is 20.7 Å². The molecule has 1 aromatic heterocycles. The molecule has 0 aliphatic heterocycles. The van der Waals surface area contributed by atoms with Gasteiger partial charge in [0.15, 0.2) is 0 Å². The lowest BCUT2D eigenvalue weighted by molar-refractivity contribution is -0.154. The first-order valence-electron chi connectivity index (χ1n) is 10.8. The Bertz CT molecular complexity index is 1410. The summed E-state index contributed by atoms with van der Waals surface area (Å²) in [5.74, 6) is -1.12. The molecule has 4 rings (SSSR count). The number of hydrogen-bond donors (Lipinski definition) is 1. The Morgan fingerprint density at radius 2 is 1.69 bits per heavy atom. The van der Waals surface area contributed by atoms with Gasteiger partial charge in [-0.3, -0.25) is 19.0 Å². The number of nitrogens with two attached hydrogens (primary N) is 1. The summed E-state index contributed by atoms with van der Waals surface area (Å²) in [5.41, 5.74) is 8.18. The molecule has 0 aliphatic carbocycles. The van der Waals surface area contributed by atoms with Crippen molar-refractivity contribution in [1.29, 1.82) is 0 Å². The minimum absolute atomic E-state index is 0.174. The Kier molecular flexibility index (Phi) is 6.89. The second kappa shape index (κ2) is 10.0. The van der Waals surface area contributed by atoms with E-state index in [4.69, 9.17) is 26.8 Å². The predicted molar refractivity (Wildman–Crippen MR) is 133 cm³/mol. The largest absolute Gasteiger partial charge is 0.497 e. The van der Waals surface area contributed by atoms with E-state index >= 15 is 0 Å². The first-order chi connectivity index (χ1) is 16.8. The lowest BCUT2D eigenvalue weighted by Gasteiger charge is -2.15. The van der Waals surface area contributed by atoms with Crippen molar-refractivity contribution >= 4 is 40.3 Å². The number of carbonyl (C=O) groups is 3. The lowest BCUT2D eigenvalue weighted by Crippen LogP contribution is -2.27. The van der Waals surface area contributed by atoms with Crippen LogP contribution in [-0.4, -0.2) is 29.5 Å². The van der Waals surface area contributed by atoms with E-state index in [1.807, 2.05) is 0 Å². The number of nitrogens with zero attached hydrogens (tertiary/aromatic N) is 1. The molecule has 0 spiro atoms. The molecule has 1 atom stereocenters. The second-order valence-electron chi connectivity index (χ2n) is 7.95. The molecule has 35 heavy (non-hydrogen) atoms. The van der Waals surface area contributed by atoms with E-state index in [1.54, 1.807) is 84.3 Å². The zero-order valence-electron chi connectivity index (χ0n) is 19.2. The number of primary amides is 1. The fourth-order valence-electron chi connectivity index (χ4n) is 4.03. The normalized spacial score (nSPS) is 11.7. The van der Waals surface area contributed by atoms with Crippen LogP contribution in [0, 0.1) is 6.92 Å². The van der Waals surface area contributed by atoms with Gasteiger partial charge in [-0.15, -0.1) is 0 Å². The van der Waals surface area contributed by atoms with E-state index in [0.717, 1.165) is 0 Å². The van der Waals surface area contributed by atoms with E-state index < -0.39 is 18.0 Å². The quantitative estimate of drug-likeness (QED) is 0.381. The summed E-state index contributed by atoms with van der Waals surface area (Å²) >= 11 is 5.98. The molecule has 7 nitrogen and oxygen atoms in total. The molecule has 1 unspecified atom stereocenters. The summed E-state index contributed by atoms with van der Waals surface area (Å²) in [7, 11) is 1.54. The zero-order valence-corrected chi connectivity index (χ0v) is 19.9. The predicted octanol–water partition coefficient (Wildman–Crippen LogP) is 4.61. The van der Waals surface area contributed by atoms with E-state index in [2.05, 4.69) is 0 Å². The second-order valence-corrected chi connectivity index (χ2v) is 8.39. The van der Waals surface area contributed by atoms with Crippen molar-refractivity contribution in [3.8, 4) is 5.75 Å². The number of methoxy groups -OCH3 is 1. The van der Waals surface area contributed by atoms with Crippen molar-refractivity contribution in [3.63, 3.8) is 0 Å². The third-order valence-electron chi connectivity index (χ3n) is 5.77. The van der Waals surface area contributed by atoms with Gasteiger partial charge in [0.05, 0.1) is 19.0 Å². The van der Waals surface area contributed by atoms with E-state index in [0.29, 0.717) is 44.1 Å². The van der Waals surface area contributed by atoms with Gasteiger partial charge in [-0.05, 0) is 55.0 Å². The smallest absolute Gasteiger partial charge is 0.311 e. The van der Waals surface area contributed by atoms with Gasteiger partial charge in [-0.25, -0.2) is 0 Å². The maximum Gasteiger partial charge on any atom is 0.311 e. The highest BCUT2D eigenvalue weighted by molar-refractivity contribution is 6.30. The maximum atomic E-state index is 13.4. The number of esters is 1. The standard InChI is InChI=1S/C27H23ClN2O5/c1-16-21(15-24(31)35-25(26(29)32)17-6-4-3-5-7-17)22-14-20(34-2)12-13-23(22)30(16)27(33)18-8-10-19(28)11-9-18/h3-14,25H,15H2,1-2H3,(H2,29,32). The number of ether oxygens (including phenoxy) is 2. The van der Waals surface area contributed by atoms with Gasteiger partial charge in [-0.1, -0.05) is 41.9 Å². The maximum absolute atomic E-state index is 13.4. The number of fused-ring (bicyclic) bond motifs is 1. The number of benzene rings is 3. The first-order valence-corrected chi connectivity index (χ1v) is 11.2. The van der Waals surface area contributed by atoms with Crippen molar-refractivity contribution in [2.45, 2.75) is 19.4 Å². The van der Waals surface area contributed by atoms with Gasteiger partial charge in [0, 0.05) is 27.2 Å². The first kappa shape index (κ1) is 24.0. The number of rotatable bonds is 7. The Balaban J connectivity index is 1.73. The number of hydrogen-bond acceptors (Lipinski definition) is 5. The number of halogens is 1. The number of aromatic nitrogens is 1. The molecule has 1 amide bonds. The van der Waals surface area contributed by atoms with Crippen LogP contribution in [0.1, 0.15) is 33.3 Å². The molecule has 0 saturated heterocycles. The van der Waals surface area contributed by atoms with Crippen molar-refractivity contribution in [1.82, 2.24) is 4.57 Å². The number of amides is 1. The highest BCUT2D eigenvalue weighted by atomic mass is 35.5. The van der Waals surface area contributed by atoms with Crippen LogP contribution in [0.2, 0.25) is 5.02 Å². The molecule has 4 aromatic rings. The third kappa shape index (κ3) is 4.90. The van der Waals surface area contributed by atoms with Gasteiger partial charge in [0.25, 0.3) is 11.8 Å². The minimum atomic E-state index is -1.22. The zero-order chi connectivity index (χ0) is 25.1. The lowest BCUT2D eigenvalue weighted by atomic mass is 10.1. The van der Waals surface area contributed by atoms with Gasteiger partial charge in [-0.2, -0.15) is 0 Å². The Morgan fingerprint density at radius 3 is 2.31 bits per heavy atom. The van der Waals surface area contributed by atoms with Crippen LogP contribution in [0.5, 0.6) is 5.75 Å². The van der Waals surface area contributed by atoms with Gasteiger partial charge < -0.3 is 15.2 Å². The van der Waals surface area contributed by atoms with Crippen molar-refractivity contribution in [2.24, 2.45) is 5.73 Å². The minimum Gasteiger partial charge on any atom is -0.497 e. The number of carbonyl (C=O) groups excluding carboxylic acids is 3. The molecular weight excluding hydrogens is 468 g/mol. The molecule has 0 fully saturated rings. The van der Waals surface area contributed by atoms with Crippen molar-refractivity contribution < 1.29 is 23.9 Å². The van der Waals surface area contributed by atoms with E-state index in [1.165, 1.54) is 7.11 Å². The van der Waals surface area contributed by atoms with Crippen LogP contribution in [0.3, 0.4) is 0 Å². The SMILES string of the molecule is COc1ccc2c(c1)c(CC(=O)OC(C(N)=O)c1ccccc1)c(C)n2C(=O)c1ccc(Cl)cc1. The molecule has 1 heterocycles. The van der Waals surface area contributed by atoms with E-state index in [-0.39, 0.29) is 12.3 Å². The molecule has 0 radical (unpaired) electrons. The molecule has 3 aromatic carbocycles. The van der Waals surface area contributed by atoms with Gasteiger partial charge in [0.2, 0.25) is 6.10 Å². The highest BCUT2D eigenvalue weighted by Crippen LogP contribution is 2.31. The summed E-state index contributed by atoms with van der Waals surface area (Å²) in [6.45, 7) is 1.76. The van der Waals surface area contributed by atoms with Crippen LogP contribution >= 0.6 is 11.6 Å². The molecule has 0 bridgehead atoms. The molecule has 0 aliphatic rings. The summed E-state index contributed by atoms with van der Waals surface area (Å²) in [5, 5.41) is 1.18. The fourth-order valence-corrected chi connectivity index (χ4v) is 4.16. The highest BCUT2D eigenvalue weighted by Gasteiger charge is 2.26. The molecule has 2 N–H and O–H groups in total. The Morgan fingerprint density at radius 1 is 1.00 bits per heavy atom. The van der Waals surface area contributed by atoms with Crippen LogP contribution in [0.25, 0.3) is 10.9 Å². The molecule has 8 heteroatoms. The van der Waals surface area contributed by atoms with Crippen LogP contribution < -0.4 is 10.5 Å². The van der Waals surface area contributed by atoms with E-state index in [9.17, 15) is 14.4 Å².